The van der Waals surface area contributed by atoms with Crippen molar-refractivity contribution in [1.82, 2.24) is 9.97 Å². The largest absolute Gasteiger partial charge is 0.347 e. The Morgan fingerprint density at radius 3 is 1.88 bits per heavy atom. The first-order chi connectivity index (χ1) is 8.03. The third-order valence-corrected chi connectivity index (χ3v) is 3.34. The SMILES string of the molecule is CCCC(C)(CCC)c1cnc(N(C)C)nc1. The molecule has 17 heavy (non-hydrogen) atoms. The van der Waals surface area contributed by atoms with Crippen molar-refractivity contribution in [3.05, 3.63) is 18.0 Å². The smallest absolute Gasteiger partial charge is 0.224 e. The first-order valence-corrected chi connectivity index (χ1v) is 6.53. The summed E-state index contributed by atoms with van der Waals surface area (Å²) in [5.74, 6) is 0.782. The van der Waals surface area contributed by atoms with Crippen LogP contribution in [0, 0.1) is 0 Å². The molecule has 96 valence electrons. The summed E-state index contributed by atoms with van der Waals surface area (Å²) < 4.78 is 0. The zero-order chi connectivity index (χ0) is 12.9. The van der Waals surface area contributed by atoms with E-state index in [4.69, 9.17) is 0 Å². The average molecular weight is 235 g/mol. The van der Waals surface area contributed by atoms with Crippen molar-refractivity contribution in [2.24, 2.45) is 0 Å². The number of nitrogens with zero attached hydrogens (tertiary/aromatic N) is 3. The number of hydrogen-bond donors (Lipinski definition) is 0. The van der Waals surface area contributed by atoms with Crippen LogP contribution in [0.4, 0.5) is 5.95 Å². The third-order valence-electron chi connectivity index (χ3n) is 3.34. The van der Waals surface area contributed by atoms with Crippen LogP contribution < -0.4 is 4.90 Å². The summed E-state index contributed by atoms with van der Waals surface area (Å²) in [6.07, 6.45) is 8.79. The lowest BCUT2D eigenvalue weighted by Crippen LogP contribution is -2.23. The van der Waals surface area contributed by atoms with Gasteiger partial charge in [-0.3, -0.25) is 0 Å². The standard InChI is InChI=1S/C14H25N3/c1-6-8-14(3,9-7-2)12-10-15-13(16-11-12)17(4)5/h10-11H,6-9H2,1-5H3. The number of rotatable bonds is 6. The topological polar surface area (TPSA) is 29.0 Å². The highest BCUT2D eigenvalue weighted by atomic mass is 15.2. The van der Waals surface area contributed by atoms with Crippen LogP contribution in [0.25, 0.3) is 0 Å². The van der Waals surface area contributed by atoms with E-state index < -0.39 is 0 Å². The molecule has 0 aromatic carbocycles. The fourth-order valence-corrected chi connectivity index (χ4v) is 2.38. The Hall–Kier alpha value is -1.12. The van der Waals surface area contributed by atoms with Crippen LogP contribution in [0.1, 0.15) is 52.0 Å². The highest BCUT2D eigenvalue weighted by Gasteiger charge is 2.25. The second kappa shape index (κ2) is 5.99. The average Bonchev–Trinajstić information content (AvgIpc) is 2.30. The molecule has 1 heterocycles. The van der Waals surface area contributed by atoms with Gasteiger partial charge in [0.15, 0.2) is 0 Å². The summed E-state index contributed by atoms with van der Waals surface area (Å²) in [6, 6.07) is 0. The summed E-state index contributed by atoms with van der Waals surface area (Å²) in [6.45, 7) is 6.81. The monoisotopic (exact) mass is 235 g/mol. The van der Waals surface area contributed by atoms with Gasteiger partial charge in [-0.1, -0.05) is 33.6 Å². The summed E-state index contributed by atoms with van der Waals surface area (Å²) >= 11 is 0. The lowest BCUT2D eigenvalue weighted by atomic mass is 9.76. The summed E-state index contributed by atoms with van der Waals surface area (Å²) in [4.78, 5) is 10.8. The van der Waals surface area contributed by atoms with E-state index in [1.165, 1.54) is 31.2 Å². The molecule has 0 fully saturated rings. The van der Waals surface area contributed by atoms with Crippen molar-refractivity contribution < 1.29 is 0 Å². The van der Waals surface area contributed by atoms with Crippen molar-refractivity contribution in [1.29, 1.82) is 0 Å². The van der Waals surface area contributed by atoms with Crippen molar-refractivity contribution in [2.75, 3.05) is 19.0 Å². The summed E-state index contributed by atoms with van der Waals surface area (Å²) in [7, 11) is 3.93. The van der Waals surface area contributed by atoms with Gasteiger partial charge < -0.3 is 4.90 Å². The molecule has 0 amide bonds. The predicted molar refractivity (Wildman–Crippen MR) is 73.5 cm³/mol. The molecule has 0 bridgehead atoms. The molecule has 3 heteroatoms. The molecule has 0 N–H and O–H groups in total. The molecule has 1 aromatic rings. The van der Waals surface area contributed by atoms with Gasteiger partial charge in [-0.2, -0.15) is 0 Å². The van der Waals surface area contributed by atoms with Gasteiger partial charge in [0, 0.05) is 26.5 Å². The van der Waals surface area contributed by atoms with Crippen LogP contribution in [0.3, 0.4) is 0 Å². The Morgan fingerprint density at radius 1 is 1.06 bits per heavy atom. The van der Waals surface area contributed by atoms with Crippen molar-refractivity contribution in [3.8, 4) is 0 Å². The van der Waals surface area contributed by atoms with E-state index in [1.54, 1.807) is 0 Å². The highest BCUT2D eigenvalue weighted by molar-refractivity contribution is 5.29. The maximum absolute atomic E-state index is 4.42. The van der Waals surface area contributed by atoms with Gasteiger partial charge in [0.25, 0.3) is 0 Å². The van der Waals surface area contributed by atoms with Crippen LogP contribution in [0.15, 0.2) is 12.4 Å². The van der Waals surface area contributed by atoms with Crippen LogP contribution in [-0.2, 0) is 5.41 Å². The van der Waals surface area contributed by atoms with E-state index in [2.05, 4.69) is 30.7 Å². The molecule has 0 atom stereocenters. The van der Waals surface area contributed by atoms with E-state index in [1.807, 2.05) is 31.4 Å². The van der Waals surface area contributed by atoms with Gasteiger partial charge in [-0.15, -0.1) is 0 Å². The molecular formula is C14H25N3. The predicted octanol–water partition coefficient (Wildman–Crippen LogP) is 3.40. The van der Waals surface area contributed by atoms with Crippen molar-refractivity contribution in [3.63, 3.8) is 0 Å². The Kier molecular flexibility index (Phi) is 4.91. The third kappa shape index (κ3) is 3.42. The van der Waals surface area contributed by atoms with Crippen LogP contribution >= 0.6 is 0 Å². The normalized spacial score (nSPS) is 11.6. The maximum atomic E-state index is 4.42. The molecule has 0 saturated heterocycles. The summed E-state index contributed by atoms with van der Waals surface area (Å²) in [5.41, 5.74) is 1.50. The maximum Gasteiger partial charge on any atom is 0.224 e. The molecule has 3 nitrogen and oxygen atoms in total. The fourth-order valence-electron chi connectivity index (χ4n) is 2.38. The highest BCUT2D eigenvalue weighted by Crippen LogP contribution is 2.33. The van der Waals surface area contributed by atoms with E-state index in [0.717, 1.165) is 5.95 Å². The minimum Gasteiger partial charge on any atom is -0.347 e. The molecule has 0 saturated carbocycles. The molecule has 1 rings (SSSR count). The zero-order valence-corrected chi connectivity index (χ0v) is 11.8. The zero-order valence-electron chi connectivity index (χ0n) is 11.8. The van der Waals surface area contributed by atoms with Gasteiger partial charge in [-0.05, 0) is 23.8 Å². The minimum absolute atomic E-state index is 0.230. The van der Waals surface area contributed by atoms with Crippen LogP contribution in [-0.4, -0.2) is 24.1 Å². The van der Waals surface area contributed by atoms with E-state index in [9.17, 15) is 0 Å². The Balaban J connectivity index is 2.95. The van der Waals surface area contributed by atoms with Crippen LogP contribution in [0.2, 0.25) is 0 Å². The molecule has 1 aromatic heterocycles. The van der Waals surface area contributed by atoms with Gasteiger partial charge in [-0.25, -0.2) is 9.97 Å². The Labute approximate surface area is 105 Å². The minimum atomic E-state index is 0.230. The van der Waals surface area contributed by atoms with E-state index in [0.29, 0.717) is 0 Å². The number of hydrogen-bond acceptors (Lipinski definition) is 3. The number of aromatic nitrogens is 2. The van der Waals surface area contributed by atoms with Gasteiger partial charge in [0.1, 0.15) is 0 Å². The Morgan fingerprint density at radius 2 is 1.53 bits per heavy atom. The molecule has 0 spiro atoms. The summed E-state index contributed by atoms with van der Waals surface area (Å²) in [5, 5.41) is 0. The van der Waals surface area contributed by atoms with Gasteiger partial charge in [0.2, 0.25) is 5.95 Å². The lowest BCUT2D eigenvalue weighted by molar-refractivity contribution is 0.389. The fraction of sp³-hybridized carbons (Fsp3) is 0.714. The van der Waals surface area contributed by atoms with Gasteiger partial charge >= 0.3 is 0 Å². The first-order valence-electron chi connectivity index (χ1n) is 6.53. The molecule has 0 radical (unpaired) electrons. The second-order valence-electron chi connectivity index (χ2n) is 5.23. The molecular weight excluding hydrogens is 210 g/mol. The van der Waals surface area contributed by atoms with Crippen molar-refractivity contribution >= 4 is 5.95 Å². The number of anilines is 1. The second-order valence-corrected chi connectivity index (χ2v) is 5.23. The Bertz CT molecular complexity index is 324. The quantitative estimate of drug-likeness (QED) is 0.756. The molecule has 0 aliphatic heterocycles. The van der Waals surface area contributed by atoms with E-state index in [-0.39, 0.29) is 5.41 Å². The van der Waals surface area contributed by atoms with Crippen molar-refractivity contribution in [2.45, 2.75) is 51.9 Å². The first kappa shape index (κ1) is 13.9. The molecule has 0 aliphatic rings. The molecule has 0 aliphatic carbocycles. The molecule has 0 unspecified atom stereocenters. The van der Waals surface area contributed by atoms with E-state index >= 15 is 0 Å². The lowest BCUT2D eigenvalue weighted by Gasteiger charge is -2.29. The van der Waals surface area contributed by atoms with Crippen LogP contribution in [0.5, 0.6) is 0 Å². The van der Waals surface area contributed by atoms with Gasteiger partial charge in [0.05, 0.1) is 0 Å².